The highest BCUT2D eigenvalue weighted by atomic mass is 32.2. The summed E-state index contributed by atoms with van der Waals surface area (Å²) < 4.78 is 39.6. The average molecular weight is 392 g/mol. The number of halogens is 1. The van der Waals surface area contributed by atoms with Crippen LogP contribution in [-0.2, 0) is 16.6 Å². The van der Waals surface area contributed by atoms with E-state index in [-0.39, 0.29) is 24.6 Å². The van der Waals surface area contributed by atoms with E-state index in [1.54, 1.807) is 19.1 Å². The molecule has 0 amide bonds. The van der Waals surface area contributed by atoms with Crippen LogP contribution in [0.2, 0.25) is 0 Å². The summed E-state index contributed by atoms with van der Waals surface area (Å²) in [6, 6.07) is 7.50. The zero-order valence-corrected chi connectivity index (χ0v) is 15.2. The van der Waals surface area contributed by atoms with Crippen molar-refractivity contribution in [2.75, 3.05) is 13.2 Å². The van der Waals surface area contributed by atoms with Gasteiger partial charge in [-0.25, -0.2) is 17.5 Å². The molecule has 0 saturated heterocycles. The van der Waals surface area contributed by atoms with Crippen molar-refractivity contribution in [1.29, 1.82) is 0 Å². The van der Waals surface area contributed by atoms with Crippen molar-refractivity contribution < 1.29 is 17.9 Å². The van der Waals surface area contributed by atoms with E-state index in [0.717, 1.165) is 6.20 Å². The van der Waals surface area contributed by atoms with Gasteiger partial charge in [0.15, 0.2) is 0 Å². The number of aliphatic hydroxyl groups excluding tert-OH is 1. The summed E-state index contributed by atoms with van der Waals surface area (Å²) in [6.07, 6.45) is 1.11. The molecule has 0 fully saturated rings. The van der Waals surface area contributed by atoms with Gasteiger partial charge < -0.3 is 5.11 Å². The van der Waals surface area contributed by atoms with Crippen LogP contribution in [0.4, 0.5) is 4.39 Å². The van der Waals surface area contributed by atoms with Gasteiger partial charge in [0.1, 0.15) is 12.4 Å². The molecule has 0 radical (unpaired) electrons. The molecular formula is C16H17FN6O3S. The number of benzene rings is 1. The first-order valence-electron chi connectivity index (χ1n) is 7.99. The van der Waals surface area contributed by atoms with E-state index in [9.17, 15) is 12.8 Å². The van der Waals surface area contributed by atoms with Crippen molar-refractivity contribution in [2.45, 2.75) is 18.4 Å². The largest absolute Gasteiger partial charge is 0.395 e. The van der Waals surface area contributed by atoms with Crippen LogP contribution in [0, 0.1) is 12.7 Å². The van der Waals surface area contributed by atoms with Crippen LogP contribution in [0.25, 0.3) is 11.4 Å². The zero-order chi connectivity index (χ0) is 19.4. The maximum atomic E-state index is 12.9. The van der Waals surface area contributed by atoms with Crippen LogP contribution in [-0.4, -0.2) is 51.9 Å². The first kappa shape index (κ1) is 19.0. The van der Waals surface area contributed by atoms with Crippen molar-refractivity contribution >= 4 is 10.0 Å². The summed E-state index contributed by atoms with van der Waals surface area (Å²) >= 11 is 0. The summed E-state index contributed by atoms with van der Waals surface area (Å²) in [5.74, 6) is -0.0996. The van der Waals surface area contributed by atoms with Gasteiger partial charge in [-0.3, -0.25) is 4.98 Å². The van der Waals surface area contributed by atoms with Crippen LogP contribution in [0.5, 0.6) is 0 Å². The molecule has 3 aromatic rings. The second-order valence-corrected chi connectivity index (χ2v) is 7.45. The van der Waals surface area contributed by atoms with Gasteiger partial charge in [0.2, 0.25) is 15.8 Å². The third-order valence-corrected chi connectivity index (χ3v) is 5.29. The van der Waals surface area contributed by atoms with E-state index in [1.165, 1.54) is 23.0 Å². The van der Waals surface area contributed by atoms with Gasteiger partial charge in [-0.2, -0.15) is 4.80 Å². The minimum atomic E-state index is -3.70. The molecule has 27 heavy (non-hydrogen) atoms. The molecule has 0 aliphatic rings. The molecule has 0 atom stereocenters. The molecule has 2 N–H and O–H groups in total. The highest BCUT2D eigenvalue weighted by Gasteiger charge is 2.17. The Morgan fingerprint density at radius 2 is 2.07 bits per heavy atom. The molecule has 2 heterocycles. The van der Waals surface area contributed by atoms with Crippen molar-refractivity contribution in [3.8, 4) is 11.4 Å². The monoisotopic (exact) mass is 392 g/mol. The van der Waals surface area contributed by atoms with E-state index in [2.05, 4.69) is 25.1 Å². The Bertz CT molecular complexity index is 1040. The van der Waals surface area contributed by atoms with E-state index < -0.39 is 15.8 Å². The fourth-order valence-electron chi connectivity index (χ4n) is 2.42. The number of nitrogens with zero attached hydrogens (tertiary/aromatic N) is 5. The molecule has 1 aromatic carbocycles. The highest BCUT2D eigenvalue weighted by Crippen LogP contribution is 2.21. The molecule has 0 bridgehead atoms. The Morgan fingerprint density at radius 3 is 2.74 bits per heavy atom. The third-order valence-electron chi connectivity index (χ3n) is 3.67. The second kappa shape index (κ2) is 7.86. The lowest BCUT2D eigenvalue weighted by Gasteiger charge is -2.09. The third kappa shape index (κ3) is 4.51. The number of rotatable bonds is 7. The lowest BCUT2D eigenvalue weighted by Crippen LogP contribution is -2.27. The van der Waals surface area contributed by atoms with Gasteiger partial charge in [0.25, 0.3) is 0 Å². The van der Waals surface area contributed by atoms with Crippen molar-refractivity contribution in [2.24, 2.45) is 0 Å². The Balaban J connectivity index is 1.80. The van der Waals surface area contributed by atoms with Crippen LogP contribution in [0.3, 0.4) is 0 Å². The number of aromatic nitrogens is 5. The fourth-order valence-corrected chi connectivity index (χ4v) is 3.66. The Kier molecular flexibility index (Phi) is 5.54. The summed E-state index contributed by atoms with van der Waals surface area (Å²) in [7, 11) is -3.70. The van der Waals surface area contributed by atoms with Gasteiger partial charge in [0.05, 0.1) is 23.4 Å². The number of aryl methyl sites for hydroxylation is 1. The first-order chi connectivity index (χ1) is 12.9. The average Bonchev–Trinajstić information content (AvgIpc) is 3.10. The van der Waals surface area contributed by atoms with Crippen molar-refractivity contribution in [3.63, 3.8) is 0 Å². The van der Waals surface area contributed by atoms with Crippen molar-refractivity contribution in [3.05, 3.63) is 53.6 Å². The van der Waals surface area contributed by atoms with Crippen LogP contribution >= 0.6 is 0 Å². The summed E-state index contributed by atoms with van der Waals surface area (Å²) in [5, 5.41) is 20.9. The Labute approximate surface area is 154 Å². The molecule has 3 rings (SSSR count). The lowest BCUT2D eigenvalue weighted by atomic mass is 10.1. The molecule has 0 saturated carbocycles. The van der Waals surface area contributed by atoms with Crippen LogP contribution in [0.15, 0.2) is 41.4 Å². The summed E-state index contributed by atoms with van der Waals surface area (Å²) in [6.45, 7) is 1.54. The van der Waals surface area contributed by atoms with Gasteiger partial charge in [-0.1, -0.05) is 0 Å². The molecule has 0 unspecified atom stereocenters. The number of pyridine rings is 1. The number of nitrogens with one attached hydrogen (secondary N) is 1. The van der Waals surface area contributed by atoms with E-state index in [0.29, 0.717) is 22.6 Å². The summed E-state index contributed by atoms with van der Waals surface area (Å²) in [4.78, 5) is 5.37. The van der Waals surface area contributed by atoms with Crippen LogP contribution in [0.1, 0.15) is 11.3 Å². The van der Waals surface area contributed by atoms with Crippen molar-refractivity contribution in [1.82, 2.24) is 29.9 Å². The van der Waals surface area contributed by atoms with Crippen LogP contribution < -0.4 is 4.72 Å². The topological polar surface area (TPSA) is 123 Å². The standard InChI is InChI=1S/C16H17FN6O3S/c1-11-8-12(2-5-15(11)27(25,26)19-6-7-24)16-20-22-23(21-16)10-14-4-3-13(17)9-18-14/h2-5,8-9,19,24H,6-7,10H2,1H3. The molecule has 0 aliphatic heterocycles. The number of tetrazole rings is 1. The molecule has 0 aliphatic carbocycles. The quantitative estimate of drug-likeness (QED) is 0.600. The molecule has 142 valence electrons. The minimum absolute atomic E-state index is 0.0587. The first-order valence-corrected chi connectivity index (χ1v) is 9.47. The van der Waals surface area contributed by atoms with Gasteiger partial charge in [-0.05, 0) is 48.0 Å². The maximum absolute atomic E-state index is 12.9. The fraction of sp³-hybridized carbons (Fsp3) is 0.250. The highest BCUT2D eigenvalue weighted by molar-refractivity contribution is 7.89. The van der Waals surface area contributed by atoms with Gasteiger partial charge in [-0.15, -0.1) is 10.2 Å². The Hall–Kier alpha value is -2.76. The SMILES string of the molecule is Cc1cc(-c2nnn(Cc3ccc(F)cn3)n2)ccc1S(=O)(=O)NCCO. The van der Waals surface area contributed by atoms with E-state index in [1.807, 2.05) is 0 Å². The predicted molar refractivity (Wildman–Crippen MR) is 93.6 cm³/mol. The van der Waals surface area contributed by atoms with Gasteiger partial charge >= 0.3 is 0 Å². The number of hydrogen-bond donors (Lipinski definition) is 2. The number of hydrogen-bond acceptors (Lipinski definition) is 7. The smallest absolute Gasteiger partial charge is 0.240 e. The molecule has 2 aromatic heterocycles. The number of aliphatic hydroxyl groups is 1. The van der Waals surface area contributed by atoms with E-state index >= 15 is 0 Å². The number of sulfonamides is 1. The lowest BCUT2D eigenvalue weighted by molar-refractivity contribution is 0.301. The molecule has 11 heteroatoms. The molecule has 9 nitrogen and oxygen atoms in total. The molecule has 0 spiro atoms. The van der Waals surface area contributed by atoms with E-state index in [4.69, 9.17) is 5.11 Å². The summed E-state index contributed by atoms with van der Waals surface area (Å²) in [5.41, 5.74) is 1.69. The second-order valence-electron chi connectivity index (χ2n) is 5.71. The maximum Gasteiger partial charge on any atom is 0.240 e. The minimum Gasteiger partial charge on any atom is -0.395 e. The normalized spacial score (nSPS) is 11.7. The zero-order valence-electron chi connectivity index (χ0n) is 14.4. The van der Waals surface area contributed by atoms with Gasteiger partial charge in [0, 0.05) is 12.1 Å². The Morgan fingerprint density at radius 1 is 1.26 bits per heavy atom. The molecular weight excluding hydrogens is 375 g/mol. The predicted octanol–water partition coefficient (Wildman–Crippen LogP) is 0.502.